The molecular weight excluding hydrogens is 360 g/mol. The molecule has 0 N–H and O–H groups in total. The van der Waals surface area contributed by atoms with Gasteiger partial charge in [0.1, 0.15) is 16.8 Å². The number of thiophene rings is 1. The molecule has 0 amide bonds. The lowest BCUT2D eigenvalue weighted by atomic mass is 10.4. The van der Waals surface area contributed by atoms with Gasteiger partial charge in [0.15, 0.2) is 6.29 Å². The summed E-state index contributed by atoms with van der Waals surface area (Å²) in [6, 6.07) is 1.91. The summed E-state index contributed by atoms with van der Waals surface area (Å²) in [6.45, 7) is 5.43. The second-order valence-electron chi connectivity index (χ2n) is 4.81. The highest BCUT2D eigenvalue weighted by atomic mass is 35.5. The zero-order valence-corrected chi connectivity index (χ0v) is 14.8. The molecule has 0 aromatic carbocycles. The molecule has 0 aliphatic carbocycles. The van der Waals surface area contributed by atoms with Gasteiger partial charge in [-0.1, -0.05) is 30.3 Å². The van der Waals surface area contributed by atoms with Crippen LogP contribution in [0, 0.1) is 0 Å². The molecule has 0 bridgehead atoms. The number of aldehydes is 1. The fraction of sp³-hybridized carbons (Fsp3) is 0.0588. The van der Waals surface area contributed by atoms with Crippen molar-refractivity contribution in [3.8, 4) is 11.7 Å². The van der Waals surface area contributed by atoms with E-state index in [4.69, 9.17) is 16.3 Å². The molecule has 8 heteroatoms. The van der Waals surface area contributed by atoms with Gasteiger partial charge in [0.05, 0.1) is 28.0 Å². The maximum Gasteiger partial charge on any atom is 0.322 e. The normalized spacial score (nSPS) is 12.4. The first-order valence-corrected chi connectivity index (χ1v) is 8.49. The number of allylic oxidation sites excluding steroid dienone is 4. The van der Waals surface area contributed by atoms with Crippen molar-refractivity contribution in [2.75, 3.05) is 0 Å². The molecule has 0 fully saturated rings. The number of hydrogen-bond acceptors (Lipinski definition) is 6. The Balaban J connectivity index is 1.95. The van der Waals surface area contributed by atoms with Gasteiger partial charge in [-0.2, -0.15) is 10.1 Å². The summed E-state index contributed by atoms with van der Waals surface area (Å²) in [7, 11) is 0. The van der Waals surface area contributed by atoms with Crippen LogP contribution in [0.15, 0.2) is 59.4 Å². The van der Waals surface area contributed by atoms with Gasteiger partial charge in [-0.15, -0.1) is 11.3 Å². The number of rotatable bonds is 6. The summed E-state index contributed by atoms with van der Waals surface area (Å²) in [6.07, 6.45) is 8.92. The van der Waals surface area contributed by atoms with Gasteiger partial charge in [-0.25, -0.2) is 9.67 Å². The van der Waals surface area contributed by atoms with Crippen molar-refractivity contribution < 1.29 is 9.53 Å². The summed E-state index contributed by atoms with van der Waals surface area (Å²) in [5.41, 5.74) is 2.09. The Hall–Kier alpha value is -2.77. The van der Waals surface area contributed by atoms with E-state index in [1.807, 2.05) is 5.38 Å². The number of carbonyl (C=O) groups excluding carboxylic acids is 1. The lowest BCUT2D eigenvalue weighted by Gasteiger charge is -2.07. The number of carbonyl (C=O) groups is 1. The molecule has 3 aromatic rings. The molecule has 126 valence electrons. The summed E-state index contributed by atoms with van der Waals surface area (Å²) < 4.78 is 7.31. The largest absolute Gasteiger partial charge is 0.423 e. The fourth-order valence-corrected chi connectivity index (χ4v) is 2.86. The van der Waals surface area contributed by atoms with Crippen LogP contribution >= 0.6 is 22.9 Å². The van der Waals surface area contributed by atoms with Crippen LogP contribution in [0.3, 0.4) is 0 Å². The van der Waals surface area contributed by atoms with Crippen LogP contribution in [0.2, 0.25) is 0 Å². The lowest BCUT2D eigenvalue weighted by Crippen LogP contribution is -2.00. The SMILES string of the molecule is C=C/C=C(Oc1ncc2c(cnn2-c2csc(C=O)c2)n1)\C(Cl)=C/C. The molecule has 0 spiro atoms. The minimum Gasteiger partial charge on any atom is -0.423 e. The van der Waals surface area contributed by atoms with Crippen LogP contribution in [-0.4, -0.2) is 26.0 Å². The zero-order chi connectivity index (χ0) is 17.8. The highest BCUT2D eigenvalue weighted by molar-refractivity contribution is 7.12. The van der Waals surface area contributed by atoms with Gasteiger partial charge >= 0.3 is 6.01 Å². The average molecular weight is 373 g/mol. The smallest absolute Gasteiger partial charge is 0.322 e. The van der Waals surface area contributed by atoms with Crippen LogP contribution in [-0.2, 0) is 0 Å². The predicted octanol–water partition coefficient (Wildman–Crippen LogP) is 4.28. The van der Waals surface area contributed by atoms with Crippen molar-refractivity contribution in [1.29, 1.82) is 0 Å². The molecule has 6 nitrogen and oxygen atoms in total. The summed E-state index contributed by atoms with van der Waals surface area (Å²) in [4.78, 5) is 20.0. The minimum atomic E-state index is 0.152. The van der Waals surface area contributed by atoms with Crippen molar-refractivity contribution in [3.63, 3.8) is 0 Å². The van der Waals surface area contributed by atoms with Crippen molar-refractivity contribution in [1.82, 2.24) is 19.7 Å². The van der Waals surface area contributed by atoms with Gasteiger partial charge in [-0.05, 0) is 19.1 Å². The van der Waals surface area contributed by atoms with Gasteiger partial charge in [0.25, 0.3) is 0 Å². The predicted molar refractivity (Wildman–Crippen MR) is 98.4 cm³/mol. The maximum absolute atomic E-state index is 10.8. The molecule has 0 aliphatic heterocycles. The molecule has 3 rings (SSSR count). The molecule has 0 saturated heterocycles. The third-order valence-electron chi connectivity index (χ3n) is 3.23. The van der Waals surface area contributed by atoms with E-state index in [1.54, 1.807) is 48.3 Å². The zero-order valence-electron chi connectivity index (χ0n) is 13.2. The Bertz CT molecular complexity index is 1000. The van der Waals surface area contributed by atoms with Gasteiger partial charge in [-0.3, -0.25) is 4.79 Å². The Morgan fingerprint density at radius 3 is 2.96 bits per heavy atom. The second-order valence-corrected chi connectivity index (χ2v) is 6.16. The third kappa shape index (κ3) is 3.52. The van der Waals surface area contributed by atoms with Crippen LogP contribution in [0.1, 0.15) is 16.6 Å². The standard InChI is InChI=1S/C17H13ClN4O2S/c1-3-5-16(13(18)4-2)24-17-19-8-15-14(21-17)7-20-22(15)11-6-12(9-23)25-10-11/h3-10H,1H2,2H3/b13-4+,16-5+. The van der Waals surface area contributed by atoms with E-state index in [9.17, 15) is 4.79 Å². The average Bonchev–Trinajstić information content (AvgIpc) is 3.26. The van der Waals surface area contributed by atoms with Crippen LogP contribution in [0.5, 0.6) is 6.01 Å². The number of fused-ring (bicyclic) bond motifs is 1. The highest BCUT2D eigenvalue weighted by Gasteiger charge is 2.12. The number of nitrogens with zero attached hydrogens (tertiary/aromatic N) is 4. The first-order valence-electron chi connectivity index (χ1n) is 7.24. The minimum absolute atomic E-state index is 0.152. The third-order valence-corrected chi connectivity index (χ3v) is 4.48. The van der Waals surface area contributed by atoms with E-state index in [0.717, 1.165) is 12.0 Å². The summed E-state index contributed by atoms with van der Waals surface area (Å²) in [5, 5.41) is 6.58. The van der Waals surface area contributed by atoms with Crippen molar-refractivity contribution in [2.45, 2.75) is 6.92 Å². The monoisotopic (exact) mass is 372 g/mol. The molecule has 0 aliphatic rings. The van der Waals surface area contributed by atoms with Crippen LogP contribution in [0.4, 0.5) is 0 Å². The molecule has 0 saturated carbocycles. The van der Waals surface area contributed by atoms with Gasteiger partial charge in [0, 0.05) is 5.38 Å². The molecule has 3 heterocycles. The lowest BCUT2D eigenvalue weighted by molar-refractivity contribution is 0.112. The van der Waals surface area contributed by atoms with Crippen molar-refractivity contribution in [3.05, 3.63) is 64.3 Å². The number of ether oxygens (including phenoxy) is 1. The van der Waals surface area contributed by atoms with Crippen molar-refractivity contribution in [2.24, 2.45) is 0 Å². The first kappa shape index (κ1) is 17.1. The van der Waals surface area contributed by atoms with Crippen molar-refractivity contribution >= 4 is 40.3 Å². The first-order chi connectivity index (χ1) is 12.2. The highest BCUT2D eigenvalue weighted by Crippen LogP contribution is 2.23. The Labute approximate surface area is 152 Å². The Morgan fingerprint density at radius 1 is 1.44 bits per heavy atom. The molecule has 0 atom stereocenters. The Kier molecular flexibility index (Phi) is 5.06. The van der Waals surface area contributed by atoms with Crippen LogP contribution in [0.25, 0.3) is 16.7 Å². The summed E-state index contributed by atoms with van der Waals surface area (Å²) in [5.74, 6) is 0.402. The molecular formula is C17H13ClN4O2S. The quantitative estimate of drug-likeness (QED) is 0.367. The molecule has 0 unspecified atom stereocenters. The van der Waals surface area contributed by atoms with E-state index in [1.165, 1.54) is 11.3 Å². The molecule has 3 aromatic heterocycles. The number of aromatic nitrogens is 4. The van der Waals surface area contributed by atoms with Gasteiger partial charge < -0.3 is 4.74 Å². The Morgan fingerprint density at radius 2 is 2.28 bits per heavy atom. The van der Waals surface area contributed by atoms with E-state index < -0.39 is 0 Å². The topological polar surface area (TPSA) is 69.9 Å². The van der Waals surface area contributed by atoms with Gasteiger partial charge in [0.2, 0.25) is 0 Å². The van der Waals surface area contributed by atoms with E-state index in [-0.39, 0.29) is 6.01 Å². The molecule has 25 heavy (non-hydrogen) atoms. The summed E-state index contributed by atoms with van der Waals surface area (Å²) >= 11 is 7.45. The fourth-order valence-electron chi connectivity index (χ4n) is 2.08. The number of halogens is 1. The van der Waals surface area contributed by atoms with E-state index in [2.05, 4.69) is 21.6 Å². The van der Waals surface area contributed by atoms with E-state index in [0.29, 0.717) is 26.7 Å². The number of hydrogen-bond donors (Lipinski definition) is 0. The molecule has 0 radical (unpaired) electrons. The van der Waals surface area contributed by atoms with E-state index >= 15 is 0 Å². The van der Waals surface area contributed by atoms with Crippen LogP contribution < -0.4 is 4.74 Å². The maximum atomic E-state index is 10.8. The second kappa shape index (κ2) is 7.42.